The van der Waals surface area contributed by atoms with Crippen molar-refractivity contribution in [2.75, 3.05) is 12.9 Å². The number of rotatable bonds is 8. The fraction of sp³-hybridized carbons (Fsp3) is 0.300. The van der Waals surface area contributed by atoms with E-state index in [0.717, 1.165) is 16.9 Å². The number of ether oxygens (including phenoxy) is 2. The topological polar surface area (TPSA) is 64.6 Å². The van der Waals surface area contributed by atoms with Gasteiger partial charge in [-0.1, -0.05) is 60.7 Å². The van der Waals surface area contributed by atoms with Gasteiger partial charge >= 0.3 is 12.1 Å². The van der Waals surface area contributed by atoms with Gasteiger partial charge < -0.3 is 14.8 Å². The summed E-state index contributed by atoms with van der Waals surface area (Å²) in [5, 5.41) is 2.64. The predicted molar refractivity (Wildman–Crippen MR) is 103 cm³/mol. The lowest BCUT2D eigenvalue weighted by molar-refractivity contribution is -0.146. The number of carbonyl (C=O) groups excluding carboxylic acids is 2. The monoisotopic (exact) mass is 373 g/mol. The fourth-order valence-corrected chi connectivity index (χ4v) is 3.43. The van der Waals surface area contributed by atoms with Crippen molar-refractivity contribution in [1.29, 1.82) is 0 Å². The average molecular weight is 373 g/mol. The Morgan fingerprint density at radius 1 is 1.00 bits per heavy atom. The molecule has 26 heavy (non-hydrogen) atoms. The number of amides is 1. The van der Waals surface area contributed by atoms with Gasteiger partial charge in [0.15, 0.2) is 0 Å². The number of alkyl carbamates (subject to hydrolysis) is 1. The number of thioether (sulfide) groups is 1. The van der Waals surface area contributed by atoms with Gasteiger partial charge in [-0.3, -0.25) is 0 Å². The Balaban J connectivity index is 1.89. The fourth-order valence-electron chi connectivity index (χ4n) is 2.30. The van der Waals surface area contributed by atoms with E-state index < -0.39 is 17.6 Å². The maximum absolute atomic E-state index is 12.2. The number of hydrogen-bond donors (Lipinski definition) is 1. The van der Waals surface area contributed by atoms with Crippen LogP contribution in [-0.2, 0) is 26.6 Å². The van der Waals surface area contributed by atoms with Gasteiger partial charge in [0, 0.05) is 11.5 Å². The SMILES string of the molecule is COC(=O)[C@](C)(CSCc1ccccc1)NC(=O)OCc1ccccc1. The molecule has 0 aliphatic heterocycles. The Bertz CT molecular complexity index is 708. The first-order valence-electron chi connectivity index (χ1n) is 8.22. The van der Waals surface area contributed by atoms with Crippen LogP contribution in [-0.4, -0.2) is 30.5 Å². The van der Waals surface area contributed by atoms with Crippen molar-refractivity contribution in [1.82, 2.24) is 5.32 Å². The Kier molecular flexibility index (Phi) is 7.53. The first kappa shape index (κ1) is 19.8. The van der Waals surface area contributed by atoms with Gasteiger partial charge in [0.1, 0.15) is 12.1 Å². The Morgan fingerprint density at radius 2 is 1.58 bits per heavy atom. The number of hydrogen-bond acceptors (Lipinski definition) is 5. The maximum Gasteiger partial charge on any atom is 0.408 e. The summed E-state index contributed by atoms with van der Waals surface area (Å²) in [6.07, 6.45) is -0.651. The summed E-state index contributed by atoms with van der Waals surface area (Å²) in [6.45, 7) is 1.78. The summed E-state index contributed by atoms with van der Waals surface area (Å²) < 4.78 is 10.1. The van der Waals surface area contributed by atoms with Gasteiger partial charge in [-0.2, -0.15) is 11.8 Å². The third-order valence-corrected chi connectivity index (χ3v) is 5.05. The minimum Gasteiger partial charge on any atom is -0.467 e. The number of methoxy groups -OCH3 is 1. The minimum absolute atomic E-state index is 0.140. The lowest BCUT2D eigenvalue weighted by Crippen LogP contribution is -2.54. The molecule has 0 unspecified atom stereocenters. The van der Waals surface area contributed by atoms with Crippen molar-refractivity contribution in [2.45, 2.75) is 24.8 Å². The van der Waals surface area contributed by atoms with Gasteiger partial charge in [0.2, 0.25) is 0 Å². The molecule has 0 radical (unpaired) electrons. The van der Waals surface area contributed by atoms with Crippen LogP contribution in [0.2, 0.25) is 0 Å². The summed E-state index contributed by atoms with van der Waals surface area (Å²) in [6, 6.07) is 19.3. The van der Waals surface area contributed by atoms with Crippen LogP contribution in [0.1, 0.15) is 18.1 Å². The van der Waals surface area contributed by atoms with Crippen LogP contribution in [0.4, 0.5) is 4.79 Å². The van der Waals surface area contributed by atoms with Crippen molar-refractivity contribution in [2.24, 2.45) is 0 Å². The highest BCUT2D eigenvalue weighted by atomic mass is 32.2. The van der Waals surface area contributed by atoms with E-state index in [1.807, 2.05) is 60.7 Å². The maximum atomic E-state index is 12.2. The third kappa shape index (κ3) is 6.11. The zero-order chi connectivity index (χ0) is 18.8. The molecule has 0 saturated heterocycles. The molecule has 1 N–H and O–H groups in total. The Morgan fingerprint density at radius 3 is 2.15 bits per heavy atom. The molecule has 0 aliphatic rings. The van der Waals surface area contributed by atoms with Gasteiger partial charge in [-0.05, 0) is 18.1 Å². The van der Waals surface area contributed by atoms with Crippen LogP contribution in [0, 0.1) is 0 Å². The molecule has 1 amide bonds. The molecule has 0 aliphatic carbocycles. The third-order valence-electron chi connectivity index (χ3n) is 3.73. The van der Waals surface area contributed by atoms with E-state index in [9.17, 15) is 9.59 Å². The van der Waals surface area contributed by atoms with E-state index in [1.54, 1.807) is 18.7 Å². The smallest absolute Gasteiger partial charge is 0.408 e. The first-order valence-corrected chi connectivity index (χ1v) is 9.38. The van der Waals surface area contributed by atoms with Gasteiger partial charge in [-0.25, -0.2) is 9.59 Å². The largest absolute Gasteiger partial charge is 0.467 e. The average Bonchev–Trinajstić information content (AvgIpc) is 2.67. The molecule has 0 bridgehead atoms. The predicted octanol–water partition coefficient (Wildman–Crippen LogP) is 3.78. The van der Waals surface area contributed by atoms with Crippen molar-refractivity contribution in [3.8, 4) is 0 Å². The van der Waals surface area contributed by atoms with E-state index in [-0.39, 0.29) is 6.61 Å². The lowest BCUT2D eigenvalue weighted by Gasteiger charge is -2.27. The van der Waals surface area contributed by atoms with Crippen LogP contribution in [0.5, 0.6) is 0 Å². The first-order chi connectivity index (χ1) is 12.5. The summed E-state index contributed by atoms with van der Waals surface area (Å²) in [5.41, 5.74) is 0.861. The van der Waals surface area contributed by atoms with E-state index in [2.05, 4.69) is 5.32 Å². The van der Waals surface area contributed by atoms with E-state index in [1.165, 1.54) is 7.11 Å². The molecule has 1 atom stereocenters. The molecule has 0 saturated carbocycles. The van der Waals surface area contributed by atoms with Crippen molar-refractivity contribution in [3.05, 3.63) is 71.8 Å². The molecular weight excluding hydrogens is 350 g/mol. The quantitative estimate of drug-likeness (QED) is 0.714. The second-order valence-electron chi connectivity index (χ2n) is 5.99. The molecular formula is C20H23NO4S. The highest BCUT2D eigenvalue weighted by Crippen LogP contribution is 2.20. The molecule has 0 spiro atoms. The van der Waals surface area contributed by atoms with Crippen LogP contribution in [0.3, 0.4) is 0 Å². The van der Waals surface area contributed by atoms with Crippen molar-refractivity contribution < 1.29 is 19.1 Å². The number of nitrogens with one attached hydrogen (secondary N) is 1. The Labute approximate surface area is 158 Å². The number of benzene rings is 2. The van der Waals surface area contributed by atoms with Crippen molar-refractivity contribution >= 4 is 23.8 Å². The zero-order valence-corrected chi connectivity index (χ0v) is 15.8. The van der Waals surface area contributed by atoms with Gasteiger partial charge in [-0.15, -0.1) is 0 Å². The van der Waals surface area contributed by atoms with Crippen LogP contribution in [0.25, 0.3) is 0 Å². The molecule has 6 heteroatoms. The van der Waals surface area contributed by atoms with E-state index in [0.29, 0.717) is 5.75 Å². The van der Waals surface area contributed by atoms with E-state index >= 15 is 0 Å². The van der Waals surface area contributed by atoms with Crippen molar-refractivity contribution in [3.63, 3.8) is 0 Å². The minimum atomic E-state index is -1.16. The van der Waals surface area contributed by atoms with E-state index in [4.69, 9.17) is 9.47 Å². The molecule has 5 nitrogen and oxygen atoms in total. The molecule has 0 aromatic heterocycles. The van der Waals surface area contributed by atoms with Gasteiger partial charge in [0.05, 0.1) is 7.11 Å². The summed E-state index contributed by atoms with van der Waals surface area (Å²) in [5.74, 6) is 0.595. The molecule has 2 aromatic carbocycles. The summed E-state index contributed by atoms with van der Waals surface area (Å²) in [7, 11) is 1.30. The molecule has 2 aromatic rings. The highest BCUT2D eigenvalue weighted by Gasteiger charge is 2.36. The van der Waals surface area contributed by atoms with Crippen LogP contribution in [0.15, 0.2) is 60.7 Å². The van der Waals surface area contributed by atoms with Gasteiger partial charge in [0.25, 0.3) is 0 Å². The zero-order valence-electron chi connectivity index (χ0n) is 14.9. The Hall–Kier alpha value is -2.47. The van der Waals surface area contributed by atoms with Crippen LogP contribution >= 0.6 is 11.8 Å². The summed E-state index contributed by atoms with van der Waals surface area (Å²) >= 11 is 1.54. The second-order valence-corrected chi connectivity index (χ2v) is 6.97. The normalized spacial score (nSPS) is 12.7. The molecule has 138 valence electrons. The second kappa shape index (κ2) is 9.87. The lowest BCUT2D eigenvalue weighted by atomic mass is 10.1. The molecule has 0 heterocycles. The molecule has 0 fully saturated rings. The highest BCUT2D eigenvalue weighted by molar-refractivity contribution is 7.98. The van der Waals surface area contributed by atoms with Crippen LogP contribution < -0.4 is 5.32 Å². The number of carbonyl (C=O) groups is 2. The summed E-state index contributed by atoms with van der Waals surface area (Å²) in [4.78, 5) is 24.3. The molecule has 2 rings (SSSR count). The standard InChI is InChI=1S/C20H23NO4S/c1-20(18(22)24-2,15-26-14-17-11-7-4-8-12-17)21-19(23)25-13-16-9-5-3-6-10-16/h3-12H,13-15H2,1-2H3,(H,21,23)/t20-/m0/s1. The number of esters is 1.